The lowest BCUT2D eigenvalue weighted by Gasteiger charge is -2.32. The van der Waals surface area contributed by atoms with Crippen LogP contribution in [-0.2, 0) is 18.8 Å². The number of esters is 1. The molecule has 25 heavy (non-hydrogen) atoms. The number of aliphatic imine (C=N–C) groups is 1. The Kier molecular flexibility index (Phi) is 11.6. The summed E-state index contributed by atoms with van der Waals surface area (Å²) in [5.41, 5.74) is -1.66. The largest absolute Gasteiger partial charge is 0.497 e. The molecular formula is C18H33BFNO4. The van der Waals surface area contributed by atoms with Crippen molar-refractivity contribution in [1.29, 1.82) is 0 Å². The molecule has 0 N–H and O–H groups in total. The summed E-state index contributed by atoms with van der Waals surface area (Å²) in [7, 11) is 1.49. The van der Waals surface area contributed by atoms with E-state index in [1.807, 2.05) is 55.4 Å². The van der Waals surface area contributed by atoms with Crippen LogP contribution >= 0.6 is 0 Å². The highest BCUT2D eigenvalue weighted by Gasteiger charge is 2.53. The van der Waals surface area contributed by atoms with Gasteiger partial charge in [-0.1, -0.05) is 40.3 Å². The van der Waals surface area contributed by atoms with Crippen molar-refractivity contribution in [2.24, 2.45) is 4.99 Å². The van der Waals surface area contributed by atoms with E-state index in [1.54, 1.807) is 0 Å². The van der Waals surface area contributed by atoms with Gasteiger partial charge in [0.05, 0.1) is 18.3 Å². The molecule has 0 unspecified atom stereocenters. The number of hydrogen-bond acceptors (Lipinski definition) is 5. The van der Waals surface area contributed by atoms with Crippen LogP contribution in [0.2, 0.25) is 0 Å². The molecule has 1 rings (SSSR count). The van der Waals surface area contributed by atoms with E-state index in [0.717, 1.165) is 7.11 Å². The van der Waals surface area contributed by atoms with Gasteiger partial charge in [0.1, 0.15) is 0 Å². The van der Waals surface area contributed by atoms with Crippen molar-refractivity contribution in [3.63, 3.8) is 0 Å². The summed E-state index contributed by atoms with van der Waals surface area (Å²) >= 11 is 0. The average Bonchev–Trinajstić information content (AvgIpc) is 2.80. The van der Waals surface area contributed by atoms with Crippen LogP contribution in [-0.4, -0.2) is 44.2 Å². The van der Waals surface area contributed by atoms with E-state index in [2.05, 4.69) is 16.3 Å². The van der Waals surface area contributed by atoms with Gasteiger partial charge < -0.3 is 14.0 Å². The van der Waals surface area contributed by atoms with Crippen molar-refractivity contribution in [1.82, 2.24) is 0 Å². The van der Waals surface area contributed by atoms with Gasteiger partial charge in [-0.2, -0.15) is 0 Å². The molecule has 0 spiro atoms. The van der Waals surface area contributed by atoms with Crippen LogP contribution in [0.25, 0.3) is 0 Å². The maximum Gasteiger partial charge on any atom is 0.497 e. The number of halogens is 1. The van der Waals surface area contributed by atoms with Gasteiger partial charge >= 0.3 is 13.1 Å². The predicted octanol–water partition coefficient (Wildman–Crippen LogP) is 4.32. The molecular weight excluding hydrogens is 324 g/mol. The molecule has 7 heteroatoms. The molecule has 0 aliphatic carbocycles. The Labute approximate surface area is 152 Å². The van der Waals surface area contributed by atoms with Crippen molar-refractivity contribution < 1.29 is 23.2 Å². The molecule has 0 aromatic heterocycles. The molecule has 0 atom stereocenters. The SMILES string of the molecule is C=C/C(B1OC(C)(C)C(C)(C)O1)=C(/F)C(=NC)C(=O)OC.CC.CC. The zero-order valence-corrected chi connectivity index (χ0v) is 17.3. The maximum atomic E-state index is 14.5. The van der Waals surface area contributed by atoms with Crippen LogP contribution in [0, 0.1) is 0 Å². The van der Waals surface area contributed by atoms with Gasteiger partial charge in [0.15, 0.2) is 11.5 Å². The normalized spacial score (nSPS) is 18.8. The molecule has 0 radical (unpaired) electrons. The maximum absolute atomic E-state index is 14.5. The molecule has 1 aliphatic heterocycles. The number of rotatable bonds is 4. The number of hydrogen-bond donors (Lipinski definition) is 0. The monoisotopic (exact) mass is 357 g/mol. The smallest absolute Gasteiger partial charge is 0.464 e. The highest BCUT2D eigenvalue weighted by molar-refractivity contribution is 6.58. The first-order valence-corrected chi connectivity index (χ1v) is 8.54. The van der Waals surface area contributed by atoms with Gasteiger partial charge in [-0.25, -0.2) is 9.18 Å². The summed E-state index contributed by atoms with van der Waals surface area (Å²) in [4.78, 5) is 15.2. The van der Waals surface area contributed by atoms with Gasteiger partial charge in [-0.15, -0.1) is 0 Å². The summed E-state index contributed by atoms with van der Waals surface area (Å²) in [5, 5.41) is 0. The lowest BCUT2D eigenvalue weighted by molar-refractivity contribution is -0.132. The van der Waals surface area contributed by atoms with E-state index in [-0.39, 0.29) is 5.47 Å². The summed E-state index contributed by atoms with van der Waals surface area (Å²) in [6, 6.07) is 0. The summed E-state index contributed by atoms with van der Waals surface area (Å²) in [6.07, 6.45) is 1.26. The van der Waals surface area contributed by atoms with Gasteiger partial charge in [-0.3, -0.25) is 4.99 Å². The molecule has 5 nitrogen and oxygen atoms in total. The van der Waals surface area contributed by atoms with Crippen molar-refractivity contribution >= 4 is 18.8 Å². The second-order valence-corrected chi connectivity index (χ2v) is 5.63. The summed E-state index contributed by atoms with van der Waals surface area (Å²) < 4.78 is 30.5. The summed E-state index contributed by atoms with van der Waals surface area (Å²) in [6.45, 7) is 19.0. The van der Waals surface area contributed by atoms with E-state index in [0.29, 0.717) is 0 Å². The number of nitrogens with zero attached hydrogens (tertiary/aromatic N) is 1. The minimum absolute atomic E-state index is 0.0136. The Hall–Kier alpha value is -1.47. The number of carbonyl (C=O) groups excluding carboxylic acids is 1. The predicted molar refractivity (Wildman–Crippen MR) is 102 cm³/mol. The first-order valence-electron chi connectivity index (χ1n) is 8.54. The van der Waals surface area contributed by atoms with E-state index >= 15 is 0 Å². The molecule has 1 fully saturated rings. The van der Waals surface area contributed by atoms with Gasteiger partial charge in [-0.05, 0) is 27.7 Å². The number of ether oxygens (including phenoxy) is 1. The molecule has 0 amide bonds. The molecule has 0 bridgehead atoms. The van der Waals surface area contributed by atoms with Gasteiger partial charge in [0, 0.05) is 12.5 Å². The van der Waals surface area contributed by atoms with Crippen molar-refractivity contribution in [3.05, 3.63) is 24.0 Å². The van der Waals surface area contributed by atoms with E-state index in [9.17, 15) is 9.18 Å². The van der Waals surface area contributed by atoms with Crippen molar-refractivity contribution in [3.8, 4) is 0 Å². The number of methoxy groups -OCH3 is 1. The Morgan fingerprint density at radius 2 is 1.52 bits per heavy atom. The fourth-order valence-electron chi connectivity index (χ4n) is 1.77. The second-order valence-electron chi connectivity index (χ2n) is 5.63. The highest BCUT2D eigenvalue weighted by Crippen LogP contribution is 2.39. The first kappa shape index (κ1) is 25.8. The minimum atomic E-state index is -0.964. The topological polar surface area (TPSA) is 57.1 Å². The Morgan fingerprint density at radius 1 is 1.12 bits per heavy atom. The standard InChI is InChI=1S/C14H21BFNO4.2C2H6/c1-8-9(10(16)11(17-6)12(18)19-7)15-20-13(2,3)14(4,5)21-15;2*1-2/h8H,1H2,2-7H3;2*1-2H3/b10-9-,17-11?;;. The highest BCUT2D eigenvalue weighted by atomic mass is 19.1. The second kappa shape index (κ2) is 11.2. The lowest BCUT2D eigenvalue weighted by atomic mass is 9.77. The van der Waals surface area contributed by atoms with Crippen molar-refractivity contribution in [2.45, 2.75) is 66.6 Å². The van der Waals surface area contributed by atoms with Crippen LogP contribution in [0.1, 0.15) is 55.4 Å². The van der Waals surface area contributed by atoms with Crippen molar-refractivity contribution in [2.75, 3.05) is 14.2 Å². The van der Waals surface area contributed by atoms with E-state index < -0.39 is 35.8 Å². The average molecular weight is 357 g/mol. The van der Waals surface area contributed by atoms with Crippen LogP contribution in [0.5, 0.6) is 0 Å². The van der Waals surface area contributed by atoms with Crippen LogP contribution in [0.4, 0.5) is 4.39 Å². The molecule has 0 aromatic rings. The van der Waals surface area contributed by atoms with Crippen LogP contribution in [0.3, 0.4) is 0 Å². The molecule has 1 saturated heterocycles. The fourth-order valence-corrected chi connectivity index (χ4v) is 1.77. The lowest BCUT2D eigenvalue weighted by Crippen LogP contribution is -2.41. The quantitative estimate of drug-likeness (QED) is 0.325. The third kappa shape index (κ3) is 6.08. The third-order valence-corrected chi connectivity index (χ3v) is 3.79. The Morgan fingerprint density at radius 3 is 1.80 bits per heavy atom. The first-order chi connectivity index (χ1) is 11.6. The van der Waals surface area contributed by atoms with Crippen LogP contribution in [0.15, 0.2) is 28.9 Å². The van der Waals surface area contributed by atoms with Crippen LogP contribution < -0.4 is 0 Å². The summed E-state index contributed by atoms with van der Waals surface area (Å²) in [5.74, 6) is -1.73. The Bertz CT molecular complexity index is 497. The number of allylic oxidation sites excluding steroid dienone is 2. The molecule has 0 saturated carbocycles. The van der Waals surface area contributed by atoms with Gasteiger partial charge in [0.25, 0.3) is 0 Å². The zero-order valence-electron chi connectivity index (χ0n) is 17.3. The third-order valence-electron chi connectivity index (χ3n) is 3.79. The number of carbonyl (C=O) groups is 1. The van der Waals surface area contributed by atoms with E-state index in [1.165, 1.54) is 13.1 Å². The van der Waals surface area contributed by atoms with E-state index in [4.69, 9.17) is 9.31 Å². The molecule has 1 aliphatic rings. The minimum Gasteiger partial charge on any atom is -0.464 e. The Balaban J connectivity index is 0. The van der Waals surface area contributed by atoms with Gasteiger partial charge in [0.2, 0.25) is 0 Å². The molecule has 1 heterocycles. The molecule has 144 valence electrons. The molecule has 0 aromatic carbocycles. The fraction of sp³-hybridized carbons (Fsp3) is 0.667. The zero-order chi connectivity index (χ0) is 20.4.